The molecule has 1 aromatic carbocycles. The van der Waals surface area contributed by atoms with Gasteiger partial charge in [0.1, 0.15) is 5.75 Å². The SMILES string of the molecule is COc1ccc(CNC(=O)CCN(Cc2cccnc2)C(C)=O)cc1. The first-order valence-corrected chi connectivity index (χ1v) is 8.12. The van der Waals surface area contributed by atoms with Crippen molar-refractivity contribution in [2.24, 2.45) is 0 Å². The maximum Gasteiger partial charge on any atom is 0.222 e. The molecule has 1 N–H and O–H groups in total. The van der Waals surface area contributed by atoms with E-state index in [1.807, 2.05) is 36.4 Å². The van der Waals surface area contributed by atoms with Gasteiger partial charge in [0.05, 0.1) is 7.11 Å². The first kappa shape index (κ1) is 18.4. The van der Waals surface area contributed by atoms with E-state index in [-0.39, 0.29) is 18.2 Å². The van der Waals surface area contributed by atoms with Crippen molar-refractivity contribution in [3.63, 3.8) is 0 Å². The molecule has 0 radical (unpaired) electrons. The highest BCUT2D eigenvalue weighted by Crippen LogP contribution is 2.11. The Balaban J connectivity index is 1.79. The summed E-state index contributed by atoms with van der Waals surface area (Å²) in [6.07, 6.45) is 3.67. The minimum atomic E-state index is -0.0896. The van der Waals surface area contributed by atoms with Crippen LogP contribution >= 0.6 is 0 Å². The van der Waals surface area contributed by atoms with Crippen LogP contribution in [-0.4, -0.2) is 35.4 Å². The molecule has 0 aliphatic rings. The van der Waals surface area contributed by atoms with Crippen LogP contribution in [0.4, 0.5) is 0 Å². The average molecular weight is 341 g/mol. The molecule has 0 saturated heterocycles. The molecule has 0 bridgehead atoms. The number of methoxy groups -OCH3 is 1. The molecule has 1 aromatic heterocycles. The fourth-order valence-electron chi connectivity index (χ4n) is 2.33. The first-order valence-electron chi connectivity index (χ1n) is 8.12. The maximum atomic E-state index is 12.0. The number of aromatic nitrogens is 1. The van der Waals surface area contributed by atoms with Crippen LogP contribution in [0.5, 0.6) is 5.75 Å². The molecule has 2 amide bonds. The molecular weight excluding hydrogens is 318 g/mol. The summed E-state index contributed by atoms with van der Waals surface area (Å²) in [4.78, 5) is 29.5. The van der Waals surface area contributed by atoms with Gasteiger partial charge < -0.3 is 15.0 Å². The second-order valence-corrected chi connectivity index (χ2v) is 5.68. The average Bonchev–Trinajstić information content (AvgIpc) is 2.64. The monoisotopic (exact) mass is 341 g/mol. The largest absolute Gasteiger partial charge is 0.497 e. The zero-order valence-electron chi connectivity index (χ0n) is 14.6. The first-order chi connectivity index (χ1) is 12.1. The Hall–Kier alpha value is -2.89. The molecule has 0 spiro atoms. The molecule has 0 aliphatic carbocycles. The van der Waals surface area contributed by atoms with E-state index in [2.05, 4.69) is 10.3 Å². The molecule has 132 valence electrons. The molecule has 0 fully saturated rings. The van der Waals surface area contributed by atoms with E-state index in [4.69, 9.17) is 4.74 Å². The third-order valence-electron chi connectivity index (χ3n) is 3.80. The minimum Gasteiger partial charge on any atom is -0.497 e. The Bertz CT molecular complexity index is 687. The number of pyridine rings is 1. The number of carbonyl (C=O) groups excluding carboxylic acids is 2. The number of nitrogens with one attached hydrogen (secondary N) is 1. The van der Waals surface area contributed by atoms with Gasteiger partial charge in [0.2, 0.25) is 11.8 Å². The van der Waals surface area contributed by atoms with E-state index < -0.39 is 0 Å². The number of hydrogen-bond acceptors (Lipinski definition) is 4. The van der Waals surface area contributed by atoms with Crippen LogP contribution in [0.2, 0.25) is 0 Å². The van der Waals surface area contributed by atoms with Gasteiger partial charge in [-0.2, -0.15) is 0 Å². The van der Waals surface area contributed by atoms with Crippen LogP contribution in [0.25, 0.3) is 0 Å². The molecule has 0 atom stereocenters. The standard InChI is InChI=1S/C19H23N3O3/c1-15(23)22(14-17-4-3-10-20-12-17)11-9-19(24)21-13-16-5-7-18(25-2)8-6-16/h3-8,10,12H,9,11,13-14H2,1-2H3,(H,21,24). The molecule has 0 saturated carbocycles. The summed E-state index contributed by atoms with van der Waals surface area (Å²) < 4.78 is 5.10. The quantitative estimate of drug-likeness (QED) is 0.798. The topological polar surface area (TPSA) is 71.5 Å². The molecule has 0 aliphatic heterocycles. The molecule has 25 heavy (non-hydrogen) atoms. The van der Waals surface area contributed by atoms with Crippen LogP contribution < -0.4 is 10.1 Å². The van der Waals surface area contributed by atoms with E-state index in [0.717, 1.165) is 16.9 Å². The normalized spacial score (nSPS) is 10.2. The lowest BCUT2D eigenvalue weighted by molar-refractivity contribution is -0.130. The number of benzene rings is 1. The molecule has 2 rings (SSSR count). The smallest absolute Gasteiger partial charge is 0.222 e. The third kappa shape index (κ3) is 6.25. The predicted molar refractivity (Wildman–Crippen MR) is 94.8 cm³/mol. The van der Waals surface area contributed by atoms with Gasteiger partial charge in [0.15, 0.2) is 0 Å². The zero-order valence-corrected chi connectivity index (χ0v) is 14.6. The van der Waals surface area contributed by atoms with Gasteiger partial charge in [-0.25, -0.2) is 0 Å². The molecule has 0 unspecified atom stereocenters. The van der Waals surface area contributed by atoms with Crippen LogP contribution in [0.1, 0.15) is 24.5 Å². The fourth-order valence-corrected chi connectivity index (χ4v) is 2.33. The van der Waals surface area contributed by atoms with E-state index in [0.29, 0.717) is 19.6 Å². The van der Waals surface area contributed by atoms with Crippen molar-refractivity contribution in [1.82, 2.24) is 15.2 Å². The third-order valence-corrected chi connectivity index (χ3v) is 3.80. The van der Waals surface area contributed by atoms with Gasteiger partial charge in [0, 0.05) is 45.4 Å². The van der Waals surface area contributed by atoms with Crippen molar-refractivity contribution in [3.8, 4) is 5.75 Å². The van der Waals surface area contributed by atoms with E-state index >= 15 is 0 Å². The Labute approximate surface area is 147 Å². The van der Waals surface area contributed by atoms with Crippen molar-refractivity contribution in [3.05, 3.63) is 59.9 Å². The van der Waals surface area contributed by atoms with Crippen LogP contribution in [0, 0.1) is 0 Å². The van der Waals surface area contributed by atoms with Gasteiger partial charge in [-0.15, -0.1) is 0 Å². The van der Waals surface area contributed by atoms with E-state index in [1.165, 1.54) is 6.92 Å². The number of hydrogen-bond donors (Lipinski definition) is 1. The van der Waals surface area contributed by atoms with Crippen molar-refractivity contribution in [2.75, 3.05) is 13.7 Å². The summed E-state index contributed by atoms with van der Waals surface area (Å²) in [5, 5.41) is 2.86. The predicted octanol–water partition coefficient (Wildman–Crippen LogP) is 2.15. The highest BCUT2D eigenvalue weighted by atomic mass is 16.5. The van der Waals surface area contributed by atoms with E-state index in [1.54, 1.807) is 24.4 Å². The summed E-state index contributed by atoms with van der Waals surface area (Å²) in [6.45, 7) is 2.78. The molecule has 6 nitrogen and oxygen atoms in total. The fraction of sp³-hybridized carbons (Fsp3) is 0.316. The lowest BCUT2D eigenvalue weighted by Crippen LogP contribution is -2.33. The van der Waals surface area contributed by atoms with Crippen LogP contribution in [0.15, 0.2) is 48.8 Å². The lowest BCUT2D eigenvalue weighted by atomic mass is 10.2. The van der Waals surface area contributed by atoms with Crippen molar-refractivity contribution in [2.45, 2.75) is 26.4 Å². The molecule has 6 heteroatoms. The summed E-state index contributed by atoms with van der Waals surface area (Å²) >= 11 is 0. The summed E-state index contributed by atoms with van der Waals surface area (Å²) in [6, 6.07) is 11.3. The summed E-state index contributed by atoms with van der Waals surface area (Å²) in [7, 11) is 1.61. The minimum absolute atomic E-state index is 0.0631. The van der Waals surface area contributed by atoms with Gasteiger partial charge in [-0.05, 0) is 29.3 Å². The Kier molecular flexibility index (Phi) is 6.95. The Morgan fingerprint density at radius 1 is 1.16 bits per heavy atom. The number of ether oxygens (including phenoxy) is 1. The second-order valence-electron chi connectivity index (χ2n) is 5.68. The van der Waals surface area contributed by atoms with Crippen molar-refractivity contribution >= 4 is 11.8 Å². The summed E-state index contributed by atoms with van der Waals surface area (Å²) in [5.41, 5.74) is 1.93. The molecular formula is C19H23N3O3. The molecule has 1 heterocycles. The Morgan fingerprint density at radius 3 is 2.52 bits per heavy atom. The van der Waals surface area contributed by atoms with Gasteiger partial charge in [-0.3, -0.25) is 14.6 Å². The van der Waals surface area contributed by atoms with Crippen LogP contribution in [0.3, 0.4) is 0 Å². The zero-order chi connectivity index (χ0) is 18.1. The van der Waals surface area contributed by atoms with Crippen LogP contribution in [-0.2, 0) is 22.7 Å². The number of nitrogens with zero attached hydrogens (tertiary/aromatic N) is 2. The van der Waals surface area contributed by atoms with Gasteiger partial charge in [0.25, 0.3) is 0 Å². The lowest BCUT2D eigenvalue weighted by Gasteiger charge is -2.20. The maximum absolute atomic E-state index is 12.0. The number of amides is 2. The van der Waals surface area contributed by atoms with Gasteiger partial charge in [-0.1, -0.05) is 18.2 Å². The van der Waals surface area contributed by atoms with Crippen molar-refractivity contribution in [1.29, 1.82) is 0 Å². The van der Waals surface area contributed by atoms with E-state index in [9.17, 15) is 9.59 Å². The summed E-state index contributed by atoms with van der Waals surface area (Å²) in [5.74, 6) is 0.627. The number of rotatable bonds is 8. The van der Waals surface area contributed by atoms with Crippen molar-refractivity contribution < 1.29 is 14.3 Å². The highest BCUT2D eigenvalue weighted by molar-refractivity contribution is 5.78. The highest BCUT2D eigenvalue weighted by Gasteiger charge is 2.12. The van der Waals surface area contributed by atoms with Gasteiger partial charge >= 0.3 is 0 Å². The second kappa shape index (κ2) is 9.42. The Morgan fingerprint density at radius 2 is 1.92 bits per heavy atom. The number of carbonyl (C=O) groups is 2. The molecule has 2 aromatic rings.